The molecule has 112 valence electrons. The Labute approximate surface area is 128 Å². The van der Waals surface area contributed by atoms with Crippen molar-refractivity contribution in [2.75, 3.05) is 0 Å². The number of aromatic amines is 1. The SMILES string of the molecule is O=C(O)c1cc(=O)c2c([nH]1)C(=O)Cc1nc3ccccc3nc1-2. The number of hydrogen-bond acceptors (Lipinski definition) is 5. The third-order valence-corrected chi connectivity index (χ3v) is 3.75. The Morgan fingerprint density at radius 2 is 1.83 bits per heavy atom. The van der Waals surface area contributed by atoms with Gasteiger partial charge in [0, 0.05) is 6.07 Å². The predicted molar refractivity (Wildman–Crippen MR) is 80.6 cm³/mol. The number of carboxylic acids is 1. The van der Waals surface area contributed by atoms with Crippen LogP contribution in [0.25, 0.3) is 22.3 Å². The van der Waals surface area contributed by atoms with Gasteiger partial charge in [-0.15, -0.1) is 0 Å². The molecule has 2 aromatic heterocycles. The Bertz CT molecular complexity index is 1070. The van der Waals surface area contributed by atoms with Crippen molar-refractivity contribution < 1.29 is 14.7 Å². The van der Waals surface area contributed by atoms with Gasteiger partial charge in [-0.05, 0) is 12.1 Å². The summed E-state index contributed by atoms with van der Waals surface area (Å²) in [6.45, 7) is 0. The minimum Gasteiger partial charge on any atom is -0.477 e. The average molecular weight is 307 g/mol. The molecule has 0 atom stereocenters. The zero-order valence-corrected chi connectivity index (χ0v) is 11.7. The molecule has 7 nitrogen and oxygen atoms in total. The first-order valence-electron chi connectivity index (χ1n) is 6.84. The number of H-pyrrole nitrogens is 1. The molecule has 1 aliphatic rings. The van der Waals surface area contributed by atoms with Crippen molar-refractivity contribution in [2.24, 2.45) is 0 Å². The van der Waals surface area contributed by atoms with E-state index in [9.17, 15) is 14.4 Å². The van der Waals surface area contributed by atoms with Gasteiger partial charge in [-0.2, -0.15) is 0 Å². The van der Waals surface area contributed by atoms with Crippen LogP contribution < -0.4 is 5.43 Å². The lowest BCUT2D eigenvalue weighted by atomic mass is 9.94. The van der Waals surface area contributed by atoms with Crippen molar-refractivity contribution in [1.29, 1.82) is 0 Å². The molecule has 7 heteroatoms. The third kappa shape index (κ3) is 1.94. The predicted octanol–water partition coefficient (Wildman–Crippen LogP) is 1.42. The van der Waals surface area contributed by atoms with Crippen LogP contribution in [0.5, 0.6) is 0 Å². The highest BCUT2D eigenvalue weighted by molar-refractivity contribution is 6.06. The van der Waals surface area contributed by atoms with Crippen LogP contribution in [0.4, 0.5) is 0 Å². The van der Waals surface area contributed by atoms with E-state index < -0.39 is 11.4 Å². The molecule has 1 aliphatic carbocycles. The van der Waals surface area contributed by atoms with Gasteiger partial charge in [0.05, 0.1) is 40.1 Å². The maximum absolute atomic E-state index is 12.3. The van der Waals surface area contributed by atoms with Gasteiger partial charge in [0.25, 0.3) is 0 Å². The van der Waals surface area contributed by atoms with Crippen LogP contribution in [0.3, 0.4) is 0 Å². The number of carboxylic acid groups (broad SMARTS) is 1. The molecule has 0 unspecified atom stereocenters. The molecule has 0 aliphatic heterocycles. The summed E-state index contributed by atoms with van der Waals surface area (Å²) >= 11 is 0. The number of ketones is 1. The summed E-state index contributed by atoms with van der Waals surface area (Å²) in [4.78, 5) is 47.1. The number of carbonyl (C=O) groups excluding carboxylic acids is 1. The third-order valence-electron chi connectivity index (χ3n) is 3.75. The number of hydrogen-bond donors (Lipinski definition) is 2. The number of benzene rings is 1. The number of aromatic nitrogens is 3. The number of rotatable bonds is 1. The lowest BCUT2D eigenvalue weighted by Gasteiger charge is -2.17. The summed E-state index contributed by atoms with van der Waals surface area (Å²) in [6, 6.07) is 8.11. The molecule has 0 bridgehead atoms. The molecule has 4 rings (SSSR count). The average Bonchev–Trinajstić information content (AvgIpc) is 2.53. The first-order valence-corrected chi connectivity index (χ1v) is 6.84. The maximum atomic E-state index is 12.3. The minimum absolute atomic E-state index is 0.0213. The molecule has 0 saturated heterocycles. The molecule has 0 fully saturated rings. The summed E-state index contributed by atoms with van der Waals surface area (Å²) in [5, 5.41) is 9.02. The maximum Gasteiger partial charge on any atom is 0.352 e. The molecule has 2 N–H and O–H groups in total. The second-order valence-corrected chi connectivity index (χ2v) is 5.21. The van der Waals surface area contributed by atoms with Crippen LogP contribution in [-0.2, 0) is 6.42 Å². The molecule has 0 radical (unpaired) electrons. The number of pyridine rings is 1. The van der Waals surface area contributed by atoms with E-state index in [1.54, 1.807) is 18.2 Å². The van der Waals surface area contributed by atoms with Gasteiger partial charge < -0.3 is 10.1 Å². The largest absolute Gasteiger partial charge is 0.477 e. The quantitative estimate of drug-likeness (QED) is 0.703. The van der Waals surface area contributed by atoms with Gasteiger partial charge in [-0.1, -0.05) is 12.1 Å². The van der Waals surface area contributed by atoms with Crippen LogP contribution in [0.2, 0.25) is 0 Å². The van der Waals surface area contributed by atoms with Crippen molar-refractivity contribution in [1.82, 2.24) is 15.0 Å². The zero-order chi connectivity index (χ0) is 16.1. The molecule has 0 saturated carbocycles. The Kier molecular flexibility index (Phi) is 2.65. The van der Waals surface area contributed by atoms with Gasteiger partial charge in [-0.25, -0.2) is 14.8 Å². The van der Waals surface area contributed by atoms with Crippen molar-refractivity contribution in [3.05, 3.63) is 57.6 Å². The van der Waals surface area contributed by atoms with E-state index in [4.69, 9.17) is 5.11 Å². The standard InChI is InChI=1S/C16H9N3O4/c20-11-6-10(16(22)23)19-15-12(21)5-9-14(13(11)15)18-8-4-2-1-3-7(8)17-9/h1-4,6H,5H2,(H,19,20)(H,22,23). The highest BCUT2D eigenvalue weighted by Crippen LogP contribution is 2.29. The van der Waals surface area contributed by atoms with E-state index in [0.29, 0.717) is 22.4 Å². The fraction of sp³-hybridized carbons (Fsp3) is 0.0625. The fourth-order valence-electron chi connectivity index (χ4n) is 2.72. The van der Waals surface area contributed by atoms with Crippen LogP contribution in [-0.4, -0.2) is 31.8 Å². The molecule has 0 spiro atoms. The smallest absolute Gasteiger partial charge is 0.352 e. The van der Waals surface area contributed by atoms with Crippen LogP contribution in [0, 0.1) is 0 Å². The number of fused-ring (bicyclic) bond motifs is 4. The first-order chi connectivity index (χ1) is 11.0. The number of aromatic carboxylic acids is 1. The Balaban J connectivity index is 2.08. The van der Waals surface area contributed by atoms with Gasteiger partial charge in [0.15, 0.2) is 11.2 Å². The topological polar surface area (TPSA) is 113 Å². The number of para-hydroxylation sites is 2. The van der Waals surface area contributed by atoms with Crippen molar-refractivity contribution in [2.45, 2.75) is 6.42 Å². The van der Waals surface area contributed by atoms with E-state index in [1.807, 2.05) is 6.07 Å². The summed E-state index contributed by atoms with van der Waals surface area (Å²) in [7, 11) is 0. The number of Topliss-reactive ketones (excluding diaryl/α,β-unsaturated/α-hetero) is 1. The first kappa shape index (κ1) is 13.3. The zero-order valence-electron chi connectivity index (χ0n) is 11.7. The Morgan fingerprint density at radius 1 is 1.13 bits per heavy atom. The molecular formula is C16H9N3O4. The highest BCUT2D eigenvalue weighted by Gasteiger charge is 2.29. The van der Waals surface area contributed by atoms with E-state index >= 15 is 0 Å². The van der Waals surface area contributed by atoms with E-state index in [1.165, 1.54) is 0 Å². The molecule has 2 heterocycles. The lowest BCUT2D eigenvalue weighted by molar-refractivity contribution is 0.0690. The van der Waals surface area contributed by atoms with Crippen LogP contribution in [0.1, 0.15) is 26.7 Å². The monoisotopic (exact) mass is 307 g/mol. The van der Waals surface area contributed by atoms with E-state index in [-0.39, 0.29) is 29.2 Å². The van der Waals surface area contributed by atoms with E-state index in [2.05, 4.69) is 15.0 Å². The van der Waals surface area contributed by atoms with Gasteiger partial charge in [0.1, 0.15) is 5.69 Å². The van der Waals surface area contributed by atoms with E-state index in [0.717, 1.165) is 6.07 Å². The molecule has 3 aromatic rings. The number of carbonyl (C=O) groups is 2. The highest BCUT2D eigenvalue weighted by atomic mass is 16.4. The lowest BCUT2D eigenvalue weighted by Crippen LogP contribution is -2.25. The fourth-order valence-corrected chi connectivity index (χ4v) is 2.72. The number of nitrogens with zero attached hydrogens (tertiary/aromatic N) is 2. The normalized spacial score (nSPS) is 12.8. The second kappa shape index (κ2) is 4.57. The number of nitrogens with one attached hydrogen (secondary N) is 1. The molecule has 23 heavy (non-hydrogen) atoms. The summed E-state index contributed by atoms with van der Waals surface area (Å²) in [5.41, 5.74) is 1.18. The molecule has 0 amide bonds. The van der Waals surface area contributed by atoms with Gasteiger partial charge in [0.2, 0.25) is 0 Å². The molecule has 1 aromatic carbocycles. The van der Waals surface area contributed by atoms with Crippen molar-refractivity contribution in [3.8, 4) is 11.3 Å². The minimum atomic E-state index is -1.30. The summed E-state index contributed by atoms with van der Waals surface area (Å²) in [6.07, 6.45) is -0.0286. The van der Waals surface area contributed by atoms with Crippen molar-refractivity contribution >= 4 is 22.8 Å². The summed E-state index contributed by atoms with van der Waals surface area (Å²) < 4.78 is 0. The molecular weight excluding hydrogens is 298 g/mol. The van der Waals surface area contributed by atoms with Crippen LogP contribution in [0.15, 0.2) is 35.1 Å². The van der Waals surface area contributed by atoms with Gasteiger partial charge in [-0.3, -0.25) is 9.59 Å². The van der Waals surface area contributed by atoms with Crippen LogP contribution >= 0.6 is 0 Å². The Hall–Kier alpha value is -3.35. The van der Waals surface area contributed by atoms with Gasteiger partial charge >= 0.3 is 5.97 Å². The second-order valence-electron chi connectivity index (χ2n) is 5.21. The Morgan fingerprint density at radius 3 is 2.52 bits per heavy atom. The van der Waals surface area contributed by atoms with Crippen molar-refractivity contribution in [3.63, 3.8) is 0 Å². The summed E-state index contributed by atoms with van der Waals surface area (Å²) in [5.74, 6) is -1.68.